The summed E-state index contributed by atoms with van der Waals surface area (Å²) < 4.78 is 11.7. The second kappa shape index (κ2) is 8.37. The minimum absolute atomic E-state index is 0.0578. The molecule has 0 amide bonds. The summed E-state index contributed by atoms with van der Waals surface area (Å²) in [7, 11) is 3.36. The Morgan fingerprint density at radius 1 is 1.40 bits per heavy atom. The van der Waals surface area contributed by atoms with Crippen molar-refractivity contribution >= 4 is 16.3 Å². The molecule has 2 atom stereocenters. The van der Waals surface area contributed by atoms with Crippen LogP contribution in [0.2, 0.25) is 6.04 Å². The van der Waals surface area contributed by atoms with E-state index in [0.717, 1.165) is 13.2 Å². The Bertz CT molecular complexity index is 410. The number of rotatable bonds is 7. The molecule has 1 aromatic rings. The first-order valence-electron chi connectivity index (χ1n) is 7.46. The van der Waals surface area contributed by atoms with E-state index in [1.165, 1.54) is 28.3 Å². The van der Waals surface area contributed by atoms with E-state index in [4.69, 9.17) is 9.47 Å². The summed E-state index contributed by atoms with van der Waals surface area (Å²) in [6, 6.07) is 11.6. The lowest BCUT2D eigenvalue weighted by Crippen LogP contribution is -2.24. The normalized spacial score (nSPS) is 23.9. The van der Waals surface area contributed by atoms with E-state index in [1.807, 2.05) is 18.2 Å². The first kappa shape index (κ1) is 15.4. The maximum Gasteiger partial charge on any atom is 0.130 e. The van der Waals surface area contributed by atoms with Gasteiger partial charge in [-0.3, -0.25) is 4.90 Å². The fraction of sp³-hybridized carbons (Fsp3) is 0.500. The van der Waals surface area contributed by atoms with Crippen molar-refractivity contribution in [3.8, 4) is 0 Å². The van der Waals surface area contributed by atoms with Gasteiger partial charge in [0.05, 0.1) is 12.7 Å². The van der Waals surface area contributed by atoms with Crippen LogP contribution in [0.3, 0.4) is 0 Å². The number of likely N-dealkylation sites (N-methyl/N-ethyl adjacent to an activating group) is 1. The summed E-state index contributed by atoms with van der Waals surface area (Å²) >= 11 is 0. The summed E-state index contributed by atoms with van der Waals surface area (Å²) in [6.45, 7) is 2.52. The molecule has 3 nitrogen and oxygen atoms in total. The lowest BCUT2D eigenvalue weighted by Gasteiger charge is -2.13. The fourth-order valence-electron chi connectivity index (χ4n) is 2.27. The average molecular weight is 291 g/mol. The van der Waals surface area contributed by atoms with Gasteiger partial charge in [0, 0.05) is 23.4 Å². The highest BCUT2D eigenvalue weighted by molar-refractivity contribution is 6.08. The summed E-state index contributed by atoms with van der Waals surface area (Å²) in [5, 5.41) is 0. The number of nitrogens with zero attached hydrogens (tertiary/aromatic N) is 1. The van der Waals surface area contributed by atoms with E-state index in [2.05, 4.69) is 36.2 Å². The molecule has 4 heteroatoms. The molecule has 110 valence electrons. The molecule has 0 saturated carbocycles. The van der Waals surface area contributed by atoms with Crippen molar-refractivity contribution in [2.45, 2.75) is 24.8 Å². The first-order valence-corrected chi connectivity index (χ1v) is 8.87. The van der Waals surface area contributed by atoms with E-state index in [9.17, 15) is 0 Å². The zero-order valence-corrected chi connectivity index (χ0v) is 14.5. The van der Waals surface area contributed by atoms with Crippen molar-refractivity contribution in [3.05, 3.63) is 42.0 Å². The summed E-state index contributed by atoms with van der Waals surface area (Å²) in [4.78, 5) is 2.22. The lowest BCUT2D eigenvalue weighted by molar-refractivity contribution is -0.00883. The number of hydrogen-bond donors (Lipinski definition) is 0. The maximum absolute atomic E-state index is 6.00. The van der Waals surface area contributed by atoms with Gasteiger partial charge in [0.2, 0.25) is 0 Å². The van der Waals surface area contributed by atoms with Crippen LogP contribution in [0.1, 0.15) is 12.0 Å². The Morgan fingerprint density at radius 3 is 2.95 bits per heavy atom. The van der Waals surface area contributed by atoms with E-state index < -0.39 is 0 Å². The number of ether oxygens (including phenoxy) is 2. The van der Waals surface area contributed by atoms with Crippen molar-refractivity contribution in [1.82, 2.24) is 4.90 Å². The molecule has 2 rings (SSSR count). The van der Waals surface area contributed by atoms with Crippen LogP contribution in [0, 0.1) is 0 Å². The van der Waals surface area contributed by atoms with Crippen molar-refractivity contribution in [1.29, 1.82) is 0 Å². The topological polar surface area (TPSA) is 21.7 Å². The molecule has 0 radical (unpaired) electrons. The fourth-order valence-corrected chi connectivity index (χ4v) is 2.56. The highest BCUT2D eigenvalue weighted by Crippen LogP contribution is 2.17. The molecule has 1 aliphatic heterocycles. The van der Waals surface area contributed by atoms with Crippen LogP contribution >= 0.6 is 0 Å². The standard InChI is InChI=1S/C16H25NO2Si/c1-17-12-15(13-18-10-5-11-20)19-16(17)9-8-14-6-3-2-4-7-14/h2-4,6-9,15-16H,5,10-13H2,1,20H3/b9-8+. The van der Waals surface area contributed by atoms with E-state index in [0.29, 0.717) is 6.61 Å². The Hall–Kier alpha value is -0.943. The maximum atomic E-state index is 6.00. The Kier molecular flexibility index (Phi) is 6.46. The Morgan fingerprint density at radius 2 is 2.20 bits per heavy atom. The molecule has 1 saturated heterocycles. The Balaban J connectivity index is 1.77. The van der Waals surface area contributed by atoms with Gasteiger partial charge in [0.15, 0.2) is 0 Å². The third-order valence-electron chi connectivity index (χ3n) is 3.46. The van der Waals surface area contributed by atoms with Crippen LogP contribution in [0.15, 0.2) is 36.4 Å². The van der Waals surface area contributed by atoms with Gasteiger partial charge < -0.3 is 9.47 Å². The predicted octanol–water partition coefficient (Wildman–Crippen LogP) is 1.55. The molecular weight excluding hydrogens is 266 g/mol. The van der Waals surface area contributed by atoms with Crippen LogP contribution in [0.4, 0.5) is 0 Å². The van der Waals surface area contributed by atoms with Gasteiger partial charge in [0.25, 0.3) is 0 Å². The van der Waals surface area contributed by atoms with Crippen molar-refractivity contribution < 1.29 is 9.47 Å². The molecule has 0 N–H and O–H groups in total. The van der Waals surface area contributed by atoms with Crippen LogP contribution in [-0.4, -0.2) is 54.3 Å². The van der Waals surface area contributed by atoms with Gasteiger partial charge in [-0.1, -0.05) is 42.5 Å². The second-order valence-corrected chi connectivity index (χ2v) is 6.29. The van der Waals surface area contributed by atoms with Gasteiger partial charge in [-0.25, -0.2) is 0 Å². The molecule has 0 bridgehead atoms. The third kappa shape index (κ3) is 4.87. The lowest BCUT2D eigenvalue weighted by atomic mass is 10.2. The first-order chi connectivity index (χ1) is 9.79. The third-order valence-corrected chi connectivity index (χ3v) is 4.16. The largest absolute Gasteiger partial charge is 0.379 e. The smallest absolute Gasteiger partial charge is 0.130 e. The molecular formula is C16H25NO2Si. The van der Waals surface area contributed by atoms with E-state index >= 15 is 0 Å². The SMILES string of the molecule is CN1CC(COCCC[SiH3])OC1/C=C/c1ccccc1. The monoisotopic (exact) mass is 291 g/mol. The van der Waals surface area contributed by atoms with Crippen LogP contribution < -0.4 is 0 Å². The van der Waals surface area contributed by atoms with Gasteiger partial charge >= 0.3 is 0 Å². The summed E-state index contributed by atoms with van der Waals surface area (Å²) in [6.07, 6.45) is 5.67. The minimum Gasteiger partial charge on any atom is -0.379 e. The van der Waals surface area contributed by atoms with Crippen molar-refractivity contribution in [2.75, 3.05) is 26.8 Å². The van der Waals surface area contributed by atoms with Gasteiger partial charge in [-0.2, -0.15) is 0 Å². The summed E-state index contributed by atoms with van der Waals surface area (Å²) in [5.74, 6) is 0. The van der Waals surface area contributed by atoms with E-state index in [1.54, 1.807) is 0 Å². The predicted molar refractivity (Wildman–Crippen MR) is 86.9 cm³/mol. The molecule has 1 aliphatic rings. The van der Waals surface area contributed by atoms with E-state index in [-0.39, 0.29) is 12.3 Å². The number of benzene rings is 1. The zero-order valence-electron chi connectivity index (χ0n) is 12.5. The van der Waals surface area contributed by atoms with Crippen molar-refractivity contribution in [3.63, 3.8) is 0 Å². The molecule has 20 heavy (non-hydrogen) atoms. The molecule has 1 aromatic carbocycles. The highest BCUT2D eigenvalue weighted by atomic mass is 28.1. The van der Waals surface area contributed by atoms with Crippen LogP contribution in [0.5, 0.6) is 0 Å². The molecule has 2 unspecified atom stereocenters. The highest BCUT2D eigenvalue weighted by Gasteiger charge is 2.28. The van der Waals surface area contributed by atoms with Crippen LogP contribution in [0.25, 0.3) is 6.08 Å². The van der Waals surface area contributed by atoms with Gasteiger partial charge in [-0.15, -0.1) is 0 Å². The second-order valence-electron chi connectivity index (χ2n) is 5.29. The molecule has 1 heterocycles. The van der Waals surface area contributed by atoms with Crippen LogP contribution in [-0.2, 0) is 9.47 Å². The summed E-state index contributed by atoms with van der Waals surface area (Å²) in [5.41, 5.74) is 1.20. The van der Waals surface area contributed by atoms with Crippen molar-refractivity contribution in [2.24, 2.45) is 0 Å². The average Bonchev–Trinajstić information content (AvgIpc) is 2.83. The Labute approximate surface area is 125 Å². The number of hydrogen-bond acceptors (Lipinski definition) is 3. The molecule has 0 aliphatic carbocycles. The zero-order chi connectivity index (χ0) is 14.2. The van der Waals surface area contributed by atoms with Gasteiger partial charge in [0.1, 0.15) is 6.23 Å². The molecule has 1 fully saturated rings. The molecule has 0 spiro atoms. The minimum atomic E-state index is 0.0578. The quantitative estimate of drug-likeness (QED) is 0.562. The van der Waals surface area contributed by atoms with Gasteiger partial charge in [-0.05, 0) is 25.1 Å². The molecule has 0 aromatic heterocycles.